The largest absolute Gasteiger partial charge is 0.147 e. The summed E-state index contributed by atoms with van der Waals surface area (Å²) in [7, 11) is 0. The summed E-state index contributed by atoms with van der Waals surface area (Å²) in [4.78, 5) is 0. The third-order valence-corrected chi connectivity index (χ3v) is 8.88. The van der Waals surface area contributed by atoms with E-state index in [2.05, 4.69) is 13.8 Å². The second kappa shape index (κ2) is 5.45. The molecule has 0 aromatic heterocycles. The van der Waals surface area contributed by atoms with Gasteiger partial charge in [-0.3, -0.25) is 0 Å². The van der Waals surface area contributed by atoms with Crippen molar-refractivity contribution in [1.29, 1.82) is 0 Å². The molecule has 0 atom stereocenters. The predicted molar refractivity (Wildman–Crippen MR) is 53.0 cm³/mol. The van der Waals surface area contributed by atoms with E-state index in [1.54, 1.807) is 0 Å². The van der Waals surface area contributed by atoms with Crippen molar-refractivity contribution in [3.05, 3.63) is 0 Å². The fourth-order valence-electron chi connectivity index (χ4n) is 1.60. The van der Waals surface area contributed by atoms with Crippen LogP contribution in [0.1, 0.15) is 26.7 Å². The molecule has 1 rings (SSSR count). The summed E-state index contributed by atoms with van der Waals surface area (Å²) in [5.74, 6) is 0. The van der Waals surface area contributed by atoms with Gasteiger partial charge >= 0.3 is 67.7 Å². The molecule has 1 fully saturated rings. The minimum atomic E-state index is -0.462. The van der Waals surface area contributed by atoms with E-state index in [1.807, 2.05) is 0 Å². The molecule has 0 amide bonds. The molecule has 0 aromatic rings. The van der Waals surface area contributed by atoms with Crippen LogP contribution < -0.4 is 0 Å². The molecular weight excluding hydrogens is 222 g/mol. The number of aliphatic hydroxyl groups excluding tert-OH is 1. The molecule has 0 radical (unpaired) electrons. The van der Waals surface area contributed by atoms with Crippen molar-refractivity contribution in [2.24, 2.45) is 0 Å². The number of hydrogen-bond donors (Lipinski definition) is 1. The first-order valence-electron chi connectivity index (χ1n) is 4.20. The Kier molecular flexibility index (Phi) is 5.85. The molecule has 3 heteroatoms. The molecule has 1 aliphatic rings. The van der Waals surface area contributed by atoms with Gasteiger partial charge in [-0.25, -0.2) is 0 Å². The molecule has 68 valence electrons. The zero-order valence-corrected chi connectivity index (χ0v) is 9.98. The number of hydrogen-bond acceptors (Lipinski definition) is 1. The molecule has 0 bridgehead atoms. The molecule has 0 aliphatic heterocycles. The van der Waals surface area contributed by atoms with Crippen molar-refractivity contribution in [1.82, 2.24) is 0 Å². The van der Waals surface area contributed by atoms with E-state index in [0.29, 0.717) is 0 Å². The molecule has 0 saturated heterocycles. The first-order valence-corrected chi connectivity index (χ1v) is 7.93. The van der Waals surface area contributed by atoms with Crippen molar-refractivity contribution >= 4 is 27.1 Å². The Balaban J connectivity index is 0.000001000. The Morgan fingerprint density at radius 1 is 1.27 bits per heavy atom. The molecule has 0 aromatic carbocycles. The molecule has 1 N–H and O–H groups in total. The van der Waals surface area contributed by atoms with Crippen molar-refractivity contribution in [2.45, 2.75) is 47.9 Å². The van der Waals surface area contributed by atoms with Crippen LogP contribution >= 0.6 is 12.4 Å². The minimum absolute atomic E-state index is 0. The zero-order valence-electron chi connectivity index (χ0n) is 7.29. The van der Waals surface area contributed by atoms with Gasteiger partial charge in [-0.15, -0.1) is 12.4 Å². The topological polar surface area (TPSA) is 20.2 Å². The zero-order chi connectivity index (χ0) is 7.56. The van der Waals surface area contributed by atoms with Crippen LogP contribution in [0.2, 0.25) is 15.1 Å². The number of halogens is 1. The summed E-state index contributed by atoms with van der Waals surface area (Å²) in [6, 6.07) is 0. The summed E-state index contributed by atoms with van der Waals surface area (Å²) in [6.45, 7) is 4.63. The molecule has 0 unspecified atom stereocenters. The van der Waals surface area contributed by atoms with E-state index in [1.165, 1.54) is 10.4 Å². The summed E-state index contributed by atoms with van der Waals surface area (Å²) >= 11 is -0.462. The van der Waals surface area contributed by atoms with Crippen molar-refractivity contribution in [2.75, 3.05) is 0 Å². The van der Waals surface area contributed by atoms with Gasteiger partial charge in [0.15, 0.2) is 0 Å². The number of aliphatic hydroxyl groups is 1. The maximum atomic E-state index is 9.08. The molecular formula is C8H18AsClO. The second-order valence-electron chi connectivity index (χ2n) is 3.00. The summed E-state index contributed by atoms with van der Waals surface area (Å²) in [6.07, 6.45) is 2.32. The summed E-state index contributed by atoms with van der Waals surface area (Å²) in [5, 5.41) is 11.9. The maximum absolute atomic E-state index is 9.08. The van der Waals surface area contributed by atoms with Gasteiger partial charge in [0, 0.05) is 0 Å². The quantitative estimate of drug-likeness (QED) is 0.752. The first-order chi connectivity index (χ1) is 4.77. The van der Waals surface area contributed by atoms with Gasteiger partial charge in [-0.05, 0) is 0 Å². The van der Waals surface area contributed by atoms with Gasteiger partial charge < -0.3 is 0 Å². The minimum Gasteiger partial charge on any atom is -0.147 e. The van der Waals surface area contributed by atoms with Crippen molar-refractivity contribution in [3.63, 3.8) is 0 Å². The average Bonchev–Trinajstić information content (AvgIpc) is 1.87. The molecule has 0 spiro atoms. The second-order valence-corrected chi connectivity index (χ2v) is 9.66. The average molecular weight is 241 g/mol. The third-order valence-electron chi connectivity index (χ3n) is 2.42. The Morgan fingerprint density at radius 2 is 1.73 bits per heavy atom. The van der Waals surface area contributed by atoms with Crippen molar-refractivity contribution < 1.29 is 5.11 Å². The van der Waals surface area contributed by atoms with Crippen LogP contribution in [-0.4, -0.2) is 25.9 Å². The van der Waals surface area contributed by atoms with Gasteiger partial charge in [-0.1, -0.05) is 0 Å². The molecule has 0 heterocycles. The predicted octanol–water partition coefficient (Wildman–Crippen LogP) is 2.47. The summed E-state index contributed by atoms with van der Waals surface area (Å²) in [5.41, 5.74) is 0. The molecule has 1 aliphatic carbocycles. The van der Waals surface area contributed by atoms with Gasteiger partial charge in [0.1, 0.15) is 0 Å². The maximum Gasteiger partial charge on any atom is -0.147 e. The standard InChI is InChI=1S/C8H17AsO.ClH/c1-3-9(4-2)7-5-8(10)6-7;/h7-8,10H,3-6H2,1-2H3;1H/t7-,8-;. The van der Waals surface area contributed by atoms with Gasteiger partial charge in [0.25, 0.3) is 0 Å². The van der Waals surface area contributed by atoms with Crippen LogP contribution in [-0.2, 0) is 0 Å². The van der Waals surface area contributed by atoms with Crippen LogP contribution in [0.5, 0.6) is 0 Å². The van der Waals surface area contributed by atoms with Gasteiger partial charge in [0.05, 0.1) is 0 Å². The number of rotatable bonds is 3. The van der Waals surface area contributed by atoms with Crippen LogP contribution in [0.3, 0.4) is 0 Å². The molecule has 1 nitrogen and oxygen atoms in total. The molecule has 1 saturated carbocycles. The van der Waals surface area contributed by atoms with E-state index in [-0.39, 0.29) is 18.5 Å². The Labute approximate surface area is 80.2 Å². The van der Waals surface area contributed by atoms with E-state index < -0.39 is 14.7 Å². The van der Waals surface area contributed by atoms with Gasteiger partial charge in [-0.2, -0.15) is 0 Å². The van der Waals surface area contributed by atoms with Crippen molar-refractivity contribution in [3.8, 4) is 0 Å². The molecule has 11 heavy (non-hydrogen) atoms. The normalized spacial score (nSPS) is 29.5. The Bertz CT molecular complexity index is 100. The van der Waals surface area contributed by atoms with E-state index in [9.17, 15) is 0 Å². The smallest absolute Gasteiger partial charge is 0.147 e. The fourth-order valence-corrected chi connectivity index (χ4v) is 6.97. The van der Waals surface area contributed by atoms with E-state index in [4.69, 9.17) is 5.11 Å². The third kappa shape index (κ3) is 2.97. The van der Waals surface area contributed by atoms with E-state index in [0.717, 1.165) is 17.5 Å². The fraction of sp³-hybridized carbons (Fsp3) is 1.00. The van der Waals surface area contributed by atoms with Crippen LogP contribution in [0, 0.1) is 0 Å². The van der Waals surface area contributed by atoms with E-state index >= 15 is 0 Å². The Morgan fingerprint density at radius 3 is 2.00 bits per heavy atom. The van der Waals surface area contributed by atoms with Gasteiger partial charge in [0.2, 0.25) is 0 Å². The first kappa shape index (κ1) is 11.8. The van der Waals surface area contributed by atoms with Crippen LogP contribution in [0.25, 0.3) is 0 Å². The van der Waals surface area contributed by atoms with Crippen LogP contribution in [0.4, 0.5) is 0 Å². The summed E-state index contributed by atoms with van der Waals surface area (Å²) < 4.78 is 0.984. The van der Waals surface area contributed by atoms with Crippen LogP contribution in [0.15, 0.2) is 0 Å². The Hall–Kier alpha value is 0.808. The monoisotopic (exact) mass is 240 g/mol. The SMILES string of the molecule is CC[As](CC)[C@H]1C[C@H](O)C1.Cl.